The molecule has 3 N–H and O–H groups in total. The molecule has 0 bridgehead atoms. The second kappa shape index (κ2) is 5.41. The van der Waals surface area contributed by atoms with Gasteiger partial charge in [0.25, 0.3) is 0 Å². The highest BCUT2D eigenvalue weighted by Gasteiger charge is 2.17. The standard InChI is InChI=1S/C13H17ClN2O/c14-10-5-2-6-11(12(10)13(15)16)17-8-7-9-3-1-4-9/h2,5-6,9H,1,3-4,7-8H2,(H3,15,16). The molecule has 17 heavy (non-hydrogen) atoms. The summed E-state index contributed by atoms with van der Waals surface area (Å²) in [6, 6.07) is 5.34. The molecule has 1 aliphatic carbocycles. The summed E-state index contributed by atoms with van der Waals surface area (Å²) in [5.41, 5.74) is 6.01. The van der Waals surface area contributed by atoms with E-state index in [1.165, 1.54) is 19.3 Å². The number of hydrogen-bond acceptors (Lipinski definition) is 2. The van der Waals surface area contributed by atoms with Crippen molar-refractivity contribution in [2.24, 2.45) is 11.7 Å². The minimum Gasteiger partial charge on any atom is -0.493 e. The van der Waals surface area contributed by atoms with Crippen LogP contribution in [0.15, 0.2) is 18.2 Å². The molecule has 92 valence electrons. The van der Waals surface area contributed by atoms with Crippen LogP contribution in [0.3, 0.4) is 0 Å². The molecule has 0 amide bonds. The van der Waals surface area contributed by atoms with Crippen LogP contribution in [0.2, 0.25) is 5.02 Å². The molecule has 0 atom stereocenters. The second-order valence-corrected chi connectivity index (χ2v) is 4.87. The normalized spacial score (nSPS) is 15.4. The third-order valence-electron chi connectivity index (χ3n) is 3.25. The van der Waals surface area contributed by atoms with Crippen LogP contribution in [-0.4, -0.2) is 12.4 Å². The molecule has 0 heterocycles. The van der Waals surface area contributed by atoms with Gasteiger partial charge in [-0.1, -0.05) is 36.9 Å². The Morgan fingerprint density at radius 3 is 2.82 bits per heavy atom. The zero-order valence-electron chi connectivity index (χ0n) is 9.71. The molecule has 0 radical (unpaired) electrons. The molecule has 0 saturated heterocycles. The van der Waals surface area contributed by atoms with E-state index in [9.17, 15) is 0 Å². The first kappa shape index (κ1) is 12.2. The first-order valence-corrected chi connectivity index (χ1v) is 6.32. The van der Waals surface area contributed by atoms with Gasteiger partial charge >= 0.3 is 0 Å². The lowest BCUT2D eigenvalue weighted by atomic mass is 9.83. The number of rotatable bonds is 5. The van der Waals surface area contributed by atoms with Crippen molar-refractivity contribution in [1.29, 1.82) is 5.41 Å². The zero-order chi connectivity index (χ0) is 12.3. The summed E-state index contributed by atoms with van der Waals surface area (Å²) in [4.78, 5) is 0. The monoisotopic (exact) mass is 252 g/mol. The quantitative estimate of drug-likeness (QED) is 0.625. The van der Waals surface area contributed by atoms with Crippen LogP contribution in [0.25, 0.3) is 0 Å². The van der Waals surface area contributed by atoms with Crippen LogP contribution in [0.4, 0.5) is 0 Å². The minimum atomic E-state index is -0.0470. The van der Waals surface area contributed by atoms with Crippen molar-refractivity contribution in [3.8, 4) is 5.75 Å². The van der Waals surface area contributed by atoms with Gasteiger partial charge in [-0.2, -0.15) is 0 Å². The van der Waals surface area contributed by atoms with Crippen molar-refractivity contribution in [3.63, 3.8) is 0 Å². The SMILES string of the molecule is N=C(N)c1c(Cl)cccc1OCCC1CCC1. The minimum absolute atomic E-state index is 0.0470. The lowest BCUT2D eigenvalue weighted by molar-refractivity contribution is 0.222. The topological polar surface area (TPSA) is 59.1 Å². The third-order valence-corrected chi connectivity index (χ3v) is 3.57. The van der Waals surface area contributed by atoms with E-state index >= 15 is 0 Å². The second-order valence-electron chi connectivity index (χ2n) is 4.46. The first-order valence-electron chi connectivity index (χ1n) is 5.94. The Morgan fingerprint density at radius 1 is 1.47 bits per heavy atom. The van der Waals surface area contributed by atoms with Gasteiger partial charge < -0.3 is 10.5 Å². The van der Waals surface area contributed by atoms with Crippen molar-refractivity contribution in [3.05, 3.63) is 28.8 Å². The molecule has 3 nitrogen and oxygen atoms in total. The van der Waals surface area contributed by atoms with Gasteiger partial charge in [0, 0.05) is 0 Å². The summed E-state index contributed by atoms with van der Waals surface area (Å²) in [5.74, 6) is 1.38. The molecule has 2 rings (SSSR count). The molecule has 0 aliphatic heterocycles. The van der Waals surface area contributed by atoms with E-state index in [4.69, 9.17) is 27.5 Å². The number of hydrogen-bond donors (Lipinski definition) is 2. The lowest BCUT2D eigenvalue weighted by Crippen LogP contribution is -2.17. The molecule has 0 aromatic heterocycles. The highest BCUT2D eigenvalue weighted by atomic mass is 35.5. The number of nitrogen functional groups attached to an aromatic ring is 1. The maximum Gasteiger partial charge on any atom is 0.131 e. The van der Waals surface area contributed by atoms with Gasteiger partial charge in [0.05, 0.1) is 17.2 Å². The first-order chi connectivity index (χ1) is 8.18. The number of benzene rings is 1. The Labute approximate surface area is 106 Å². The van der Waals surface area contributed by atoms with E-state index in [0.717, 1.165) is 12.3 Å². The fourth-order valence-corrected chi connectivity index (χ4v) is 2.27. The van der Waals surface area contributed by atoms with Crippen LogP contribution in [0.5, 0.6) is 5.75 Å². The highest BCUT2D eigenvalue weighted by molar-refractivity contribution is 6.34. The van der Waals surface area contributed by atoms with Crippen LogP contribution in [0.1, 0.15) is 31.2 Å². The third kappa shape index (κ3) is 2.91. The van der Waals surface area contributed by atoms with Gasteiger partial charge in [-0.05, 0) is 24.5 Å². The molecule has 1 aromatic rings. The van der Waals surface area contributed by atoms with Crippen molar-refractivity contribution < 1.29 is 4.74 Å². The van der Waals surface area contributed by atoms with Crippen molar-refractivity contribution in [2.45, 2.75) is 25.7 Å². The number of ether oxygens (including phenoxy) is 1. The number of nitrogens with one attached hydrogen (secondary N) is 1. The van der Waals surface area contributed by atoms with E-state index in [0.29, 0.717) is 22.9 Å². The van der Waals surface area contributed by atoms with Crippen LogP contribution in [-0.2, 0) is 0 Å². The van der Waals surface area contributed by atoms with Crippen molar-refractivity contribution in [1.82, 2.24) is 0 Å². The number of halogens is 1. The molecule has 0 unspecified atom stereocenters. The number of nitrogens with two attached hydrogens (primary N) is 1. The van der Waals surface area contributed by atoms with E-state index in [1.54, 1.807) is 6.07 Å². The lowest BCUT2D eigenvalue weighted by Gasteiger charge is -2.25. The van der Waals surface area contributed by atoms with Gasteiger partial charge in [-0.25, -0.2) is 0 Å². The van der Waals surface area contributed by atoms with E-state index < -0.39 is 0 Å². The fourth-order valence-electron chi connectivity index (χ4n) is 2.00. The summed E-state index contributed by atoms with van der Waals surface area (Å²) in [5, 5.41) is 7.97. The maximum absolute atomic E-state index is 7.50. The van der Waals surface area contributed by atoms with Gasteiger partial charge in [0.2, 0.25) is 0 Å². The maximum atomic E-state index is 7.50. The average molecular weight is 253 g/mol. The van der Waals surface area contributed by atoms with Gasteiger partial charge in [-0.15, -0.1) is 0 Å². The molecule has 1 fully saturated rings. The summed E-state index contributed by atoms with van der Waals surface area (Å²) >= 11 is 6.00. The molecule has 1 aromatic carbocycles. The molecule has 1 saturated carbocycles. The Bertz CT molecular complexity index is 416. The molecule has 1 aliphatic rings. The smallest absolute Gasteiger partial charge is 0.131 e. The van der Waals surface area contributed by atoms with Crippen molar-refractivity contribution in [2.75, 3.05) is 6.61 Å². The summed E-state index contributed by atoms with van der Waals surface area (Å²) in [7, 11) is 0. The fraction of sp³-hybridized carbons (Fsp3) is 0.462. The van der Waals surface area contributed by atoms with Gasteiger partial charge in [0.15, 0.2) is 0 Å². The molecular formula is C13H17ClN2O. The summed E-state index contributed by atoms with van der Waals surface area (Å²) in [6.45, 7) is 0.672. The van der Waals surface area contributed by atoms with Crippen LogP contribution >= 0.6 is 11.6 Å². The van der Waals surface area contributed by atoms with E-state index in [1.807, 2.05) is 12.1 Å². The summed E-state index contributed by atoms with van der Waals surface area (Å²) in [6.07, 6.45) is 5.06. The van der Waals surface area contributed by atoms with Gasteiger partial charge in [0.1, 0.15) is 11.6 Å². The Hall–Kier alpha value is -1.22. The number of amidine groups is 1. The largest absolute Gasteiger partial charge is 0.493 e. The van der Waals surface area contributed by atoms with Crippen molar-refractivity contribution >= 4 is 17.4 Å². The van der Waals surface area contributed by atoms with E-state index in [2.05, 4.69) is 0 Å². The van der Waals surface area contributed by atoms with Gasteiger partial charge in [-0.3, -0.25) is 5.41 Å². The van der Waals surface area contributed by atoms with E-state index in [-0.39, 0.29) is 5.84 Å². The Balaban J connectivity index is 1.98. The van der Waals surface area contributed by atoms with Crippen LogP contribution in [0, 0.1) is 11.3 Å². The molecule has 0 spiro atoms. The Morgan fingerprint density at radius 2 is 2.24 bits per heavy atom. The summed E-state index contributed by atoms with van der Waals surface area (Å²) < 4.78 is 5.68. The zero-order valence-corrected chi connectivity index (χ0v) is 10.5. The molecule has 4 heteroatoms. The average Bonchev–Trinajstić information content (AvgIpc) is 2.21. The Kier molecular flexibility index (Phi) is 3.89. The predicted molar refractivity (Wildman–Crippen MR) is 69.9 cm³/mol. The predicted octanol–water partition coefficient (Wildman–Crippen LogP) is 3.19. The molecular weight excluding hydrogens is 236 g/mol. The highest BCUT2D eigenvalue weighted by Crippen LogP contribution is 2.30. The van der Waals surface area contributed by atoms with Crippen LogP contribution < -0.4 is 10.5 Å².